The van der Waals surface area contributed by atoms with Crippen LogP contribution in [0.3, 0.4) is 0 Å². The maximum atomic E-state index is 14.0. The summed E-state index contributed by atoms with van der Waals surface area (Å²) in [5.41, 5.74) is -0.526. The van der Waals surface area contributed by atoms with Crippen LogP contribution in [0.25, 0.3) is 0 Å². The van der Waals surface area contributed by atoms with Gasteiger partial charge in [0.2, 0.25) is 0 Å². The molecule has 0 spiro atoms. The Bertz CT molecular complexity index is 820. The zero-order chi connectivity index (χ0) is 18.2. The zero-order valence-corrected chi connectivity index (χ0v) is 14.4. The second-order valence-electron chi connectivity index (χ2n) is 5.88. The third-order valence-corrected chi connectivity index (χ3v) is 4.67. The summed E-state index contributed by atoms with van der Waals surface area (Å²) in [4.78, 5) is 26.2. The van der Waals surface area contributed by atoms with Gasteiger partial charge in [-0.2, -0.15) is 0 Å². The van der Waals surface area contributed by atoms with Crippen molar-refractivity contribution >= 4 is 23.5 Å². The van der Waals surface area contributed by atoms with E-state index >= 15 is 0 Å². The van der Waals surface area contributed by atoms with Crippen molar-refractivity contribution in [2.75, 3.05) is 7.11 Å². The first-order chi connectivity index (χ1) is 11.9. The fourth-order valence-electron chi connectivity index (χ4n) is 2.80. The van der Waals surface area contributed by atoms with Gasteiger partial charge in [-0.3, -0.25) is 9.69 Å². The molecule has 1 atom stereocenters. The minimum atomic E-state index is -1.24. The Morgan fingerprint density at radius 2 is 1.88 bits per heavy atom. The fourth-order valence-corrected chi connectivity index (χ4v) is 3.02. The number of methoxy groups -OCH3 is 1. The molecule has 0 aromatic heterocycles. The molecule has 130 valence electrons. The van der Waals surface area contributed by atoms with E-state index in [1.807, 2.05) is 0 Å². The number of urea groups is 1. The number of hydrogen-bond acceptors (Lipinski definition) is 3. The van der Waals surface area contributed by atoms with Gasteiger partial charge in [-0.25, -0.2) is 9.18 Å². The van der Waals surface area contributed by atoms with Crippen molar-refractivity contribution < 1.29 is 18.7 Å². The van der Waals surface area contributed by atoms with Crippen LogP contribution in [0.1, 0.15) is 18.1 Å². The predicted molar refractivity (Wildman–Crippen MR) is 90.8 cm³/mol. The largest absolute Gasteiger partial charge is 0.497 e. The number of halogens is 2. The van der Waals surface area contributed by atoms with E-state index in [0.717, 1.165) is 4.90 Å². The molecular weight excluding hydrogens is 347 g/mol. The molecular formula is C18H16ClFN2O3. The number of amides is 3. The summed E-state index contributed by atoms with van der Waals surface area (Å²) in [5, 5.41) is 2.84. The smallest absolute Gasteiger partial charge is 0.325 e. The third-order valence-electron chi connectivity index (χ3n) is 4.32. The molecule has 7 heteroatoms. The minimum Gasteiger partial charge on any atom is -0.497 e. The average molecular weight is 363 g/mol. The number of benzene rings is 2. The van der Waals surface area contributed by atoms with E-state index in [9.17, 15) is 14.0 Å². The normalized spacial score (nSPS) is 19.9. The second-order valence-corrected chi connectivity index (χ2v) is 6.28. The number of carbonyl (C=O) groups is 2. The van der Waals surface area contributed by atoms with Gasteiger partial charge in [0, 0.05) is 10.6 Å². The molecule has 0 aliphatic carbocycles. The van der Waals surface area contributed by atoms with Crippen LogP contribution in [0.5, 0.6) is 5.75 Å². The van der Waals surface area contributed by atoms with Gasteiger partial charge >= 0.3 is 6.03 Å². The Morgan fingerprint density at radius 1 is 1.20 bits per heavy atom. The molecule has 0 saturated carbocycles. The van der Waals surface area contributed by atoms with Crippen molar-refractivity contribution in [3.05, 3.63) is 64.4 Å². The molecule has 2 aromatic carbocycles. The summed E-state index contributed by atoms with van der Waals surface area (Å²) in [6.45, 7) is 1.37. The van der Waals surface area contributed by atoms with E-state index in [-0.39, 0.29) is 17.1 Å². The summed E-state index contributed by atoms with van der Waals surface area (Å²) >= 11 is 6.00. The number of imide groups is 1. The van der Waals surface area contributed by atoms with Crippen LogP contribution in [0, 0.1) is 5.82 Å². The Balaban J connectivity index is 1.91. The van der Waals surface area contributed by atoms with E-state index in [1.165, 1.54) is 18.2 Å². The molecule has 1 aliphatic heterocycles. The lowest BCUT2D eigenvalue weighted by Gasteiger charge is -2.22. The molecule has 5 nitrogen and oxygen atoms in total. The lowest BCUT2D eigenvalue weighted by atomic mass is 9.92. The highest BCUT2D eigenvalue weighted by molar-refractivity contribution is 6.31. The van der Waals surface area contributed by atoms with Crippen LogP contribution in [0.4, 0.5) is 9.18 Å². The fraction of sp³-hybridized carbons (Fsp3) is 0.222. The van der Waals surface area contributed by atoms with Crippen molar-refractivity contribution in [2.24, 2.45) is 0 Å². The van der Waals surface area contributed by atoms with Gasteiger partial charge in [0.05, 0.1) is 13.7 Å². The molecule has 25 heavy (non-hydrogen) atoms. The Morgan fingerprint density at radius 3 is 2.48 bits per heavy atom. The van der Waals surface area contributed by atoms with E-state index < -0.39 is 23.3 Å². The number of ether oxygens (including phenoxy) is 1. The minimum absolute atomic E-state index is 0.103. The third kappa shape index (κ3) is 2.93. The summed E-state index contributed by atoms with van der Waals surface area (Å²) in [6, 6.07) is 10.4. The van der Waals surface area contributed by atoms with Gasteiger partial charge < -0.3 is 10.1 Å². The summed E-state index contributed by atoms with van der Waals surface area (Å²) < 4.78 is 19.1. The standard InChI is InChI=1S/C18H16ClFN2O3/c1-18(11-6-8-12(25-2)9-7-11)16(23)22(17(24)21-18)10-13-14(19)4-3-5-15(13)20/h3-9H,10H2,1-2H3,(H,21,24)/t18-/m0/s1. The van der Waals surface area contributed by atoms with Crippen LogP contribution >= 0.6 is 11.6 Å². The highest BCUT2D eigenvalue weighted by Crippen LogP contribution is 2.32. The molecule has 1 aliphatic rings. The Hall–Kier alpha value is -2.60. The van der Waals surface area contributed by atoms with Gasteiger partial charge in [-0.15, -0.1) is 0 Å². The van der Waals surface area contributed by atoms with Gasteiger partial charge in [0.1, 0.15) is 17.1 Å². The summed E-state index contributed by atoms with van der Waals surface area (Å²) in [6.07, 6.45) is 0. The van der Waals surface area contributed by atoms with Gasteiger partial charge in [0.25, 0.3) is 5.91 Å². The van der Waals surface area contributed by atoms with Gasteiger partial charge in [-0.1, -0.05) is 29.8 Å². The van der Waals surface area contributed by atoms with Crippen LogP contribution in [-0.2, 0) is 16.9 Å². The van der Waals surface area contributed by atoms with Crippen LogP contribution < -0.4 is 10.1 Å². The molecule has 2 aromatic rings. The molecule has 3 amide bonds. The molecule has 1 saturated heterocycles. The number of rotatable bonds is 4. The van der Waals surface area contributed by atoms with E-state index in [2.05, 4.69) is 5.32 Å². The average Bonchev–Trinajstić information content (AvgIpc) is 2.82. The molecule has 0 unspecified atom stereocenters. The number of carbonyl (C=O) groups excluding carboxylic acids is 2. The first-order valence-corrected chi connectivity index (χ1v) is 7.96. The first kappa shape index (κ1) is 17.2. The van der Waals surface area contributed by atoms with Crippen LogP contribution in [0.15, 0.2) is 42.5 Å². The molecule has 1 N–H and O–H groups in total. The predicted octanol–water partition coefficient (Wildman–Crippen LogP) is 3.45. The topological polar surface area (TPSA) is 58.6 Å². The first-order valence-electron chi connectivity index (χ1n) is 7.58. The zero-order valence-electron chi connectivity index (χ0n) is 13.7. The lowest BCUT2D eigenvalue weighted by Crippen LogP contribution is -2.40. The quantitative estimate of drug-likeness (QED) is 0.847. The van der Waals surface area contributed by atoms with Crippen LogP contribution in [-0.4, -0.2) is 23.9 Å². The molecule has 1 fully saturated rings. The van der Waals surface area contributed by atoms with Crippen molar-refractivity contribution in [3.8, 4) is 5.75 Å². The van der Waals surface area contributed by atoms with Gasteiger partial charge in [0.15, 0.2) is 0 Å². The second kappa shape index (κ2) is 6.37. The van der Waals surface area contributed by atoms with Crippen molar-refractivity contribution in [2.45, 2.75) is 19.0 Å². The van der Waals surface area contributed by atoms with E-state index in [1.54, 1.807) is 38.3 Å². The van der Waals surface area contributed by atoms with Crippen LogP contribution in [0.2, 0.25) is 5.02 Å². The number of hydrogen-bond donors (Lipinski definition) is 1. The van der Waals surface area contributed by atoms with Crippen molar-refractivity contribution in [1.82, 2.24) is 10.2 Å². The molecule has 1 heterocycles. The molecule has 0 radical (unpaired) electrons. The monoisotopic (exact) mass is 362 g/mol. The van der Waals surface area contributed by atoms with Crippen molar-refractivity contribution in [1.29, 1.82) is 0 Å². The maximum Gasteiger partial charge on any atom is 0.325 e. The number of nitrogens with one attached hydrogen (secondary N) is 1. The van der Waals surface area contributed by atoms with Crippen molar-refractivity contribution in [3.63, 3.8) is 0 Å². The maximum absolute atomic E-state index is 14.0. The summed E-state index contributed by atoms with van der Waals surface area (Å²) in [5.74, 6) is -0.396. The molecule has 0 bridgehead atoms. The van der Waals surface area contributed by atoms with Gasteiger partial charge in [-0.05, 0) is 36.8 Å². The SMILES string of the molecule is COc1ccc([C@]2(C)NC(=O)N(Cc3c(F)cccc3Cl)C2=O)cc1. The number of nitrogens with zero attached hydrogens (tertiary/aromatic N) is 1. The highest BCUT2D eigenvalue weighted by Gasteiger charge is 2.49. The molecule has 3 rings (SSSR count). The lowest BCUT2D eigenvalue weighted by molar-refractivity contribution is -0.131. The van der Waals surface area contributed by atoms with E-state index in [4.69, 9.17) is 16.3 Å². The highest BCUT2D eigenvalue weighted by atomic mass is 35.5. The summed E-state index contributed by atoms with van der Waals surface area (Å²) in [7, 11) is 1.54. The Labute approximate surface area is 149 Å². The van der Waals surface area contributed by atoms with E-state index in [0.29, 0.717) is 11.3 Å². The Kier molecular flexibility index (Phi) is 4.39.